The van der Waals surface area contributed by atoms with Crippen molar-refractivity contribution < 1.29 is 19.1 Å². The molecule has 0 radical (unpaired) electrons. The molecule has 0 rings (SSSR count). The van der Waals surface area contributed by atoms with Gasteiger partial charge in [-0.15, -0.1) is 0 Å². The molecule has 0 aliphatic carbocycles. The number of esters is 2. The van der Waals surface area contributed by atoms with E-state index >= 15 is 0 Å². The molecule has 0 saturated heterocycles. The summed E-state index contributed by atoms with van der Waals surface area (Å²) < 4.78 is 9.97. The van der Waals surface area contributed by atoms with Crippen LogP contribution >= 0.6 is 11.8 Å². The fourth-order valence-corrected chi connectivity index (χ4v) is 2.18. The van der Waals surface area contributed by atoms with E-state index in [4.69, 9.17) is 9.47 Å². The largest absolute Gasteiger partial charge is 0.465 e. The normalized spacial score (nSPS) is 11.1. The van der Waals surface area contributed by atoms with Gasteiger partial charge in [-0.25, -0.2) is 0 Å². The van der Waals surface area contributed by atoms with Gasteiger partial charge in [0.15, 0.2) is 5.41 Å². The molecular formula is C13H24O4S. The zero-order valence-electron chi connectivity index (χ0n) is 11.8. The van der Waals surface area contributed by atoms with Gasteiger partial charge in [-0.3, -0.25) is 9.59 Å². The summed E-state index contributed by atoms with van der Waals surface area (Å²) in [6, 6.07) is 0. The monoisotopic (exact) mass is 276 g/mol. The average Bonchev–Trinajstić information content (AvgIpc) is 2.35. The fourth-order valence-electron chi connectivity index (χ4n) is 1.54. The van der Waals surface area contributed by atoms with Crippen LogP contribution in [0.4, 0.5) is 0 Å². The van der Waals surface area contributed by atoms with E-state index in [1.165, 1.54) is 0 Å². The molecule has 106 valence electrons. The van der Waals surface area contributed by atoms with Crippen LogP contribution in [0.15, 0.2) is 0 Å². The minimum atomic E-state index is -1.17. The number of carbonyl (C=O) groups is 2. The van der Waals surface area contributed by atoms with Crippen molar-refractivity contribution in [1.29, 1.82) is 0 Å². The van der Waals surface area contributed by atoms with Crippen molar-refractivity contribution in [2.45, 2.75) is 40.5 Å². The van der Waals surface area contributed by atoms with Crippen molar-refractivity contribution in [2.24, 2.45) is 5.41 Å². The quantitative estimate of drug-likeness (QED) is 0.368. The highest BCUT2D eigenvalue weighted by Crippen LogP contribution is 2.28. The molecule has 0 spiro atoms. The molecule has 5 heteroatoms. The number of hydrogen-bond donors (Lipinski definition) is 0. The lowest BCUT2D eigenvalue weighted by molar-refractivity contribution is -0.171. The SMILES string of the molecule is CCOC(=O)C(C)(CCCSCC)C(=O)OCC. The second-order valence-corrected chi connectivity index (χ2v) is 5.47. The second kappa shape index (κ2) is 9.25. The molecule has 0 atom stereocenters. The second-order valence-electron chi connectivity index (χ2n) is 4.07. The molecule has 0 fully saturated rings. The smallest absolute Gasteiger partial charge is 0.323 e. The third kappa shape index (κ3) is 5.29. The number of hydrogen-bond acceptors (Lipinski definition) is 5. The summed E-state index contributed by atoms with van der Waals surface area (Å²) in [4.78, 5) is 23.8. The predicted octanol–water partition coefficient (Wildman–Crippen LogP) is 2.65. The topological polar surface area (TPSA) is 52.6 Å². The van der Waals surface area contributed by atoms with Crippen LogP contribution in [0, 0.1) is 5.41 Å². The van der Waals surface area contributed by atoms with Crippen LogP contribution in [-0.4, -0.2) is 36.7 Å². The van der Waals surface area contributed by atoms with E-state index in [2.05, 4.69) is 6.92 Å². The molecule has 0 amide bonds. The molecule has 0 aromatic rings. The first-order valence-corrected chi connectivity index (χ1v) is 7.60. The van der Waals surface area contributed by atoms with E-state index < -0.39 is 17.4 Å². The van der Waals surface area contributed by atoms with Crippen LogP contribution < -0.4 is 0 Å². The first kappa shape index (κ1) is 17.3. The van der Waals surface area contributed by atoms with Gasteiger partial charge in [0.2, 0.25) is 0 Å². The molecule has 0 aromatic heterocycles. The van der Waals surface area contributed by atoms with Gasteiger partial charge < -0.3 is 9.47 Å². The molecule has 0 N–H and O–H groups in total. The molecular weight excluding hydrogens is 252 g/mol. The minimum absolute atomic E-state index is 0.275. The maximum absolute atomic E-state index is 11.9. The number of thioether (sulfide) groups is 1. The Morgan fingerprint density at radius 2 is 1.56 bits per heavy atom. The Balaban J connectivity index is 4.58. The van der Waals surface area contributed by atoms with Gasteiger partial charge in [-0.05, 0) is 45.1 Å². The van der Waals surface area contributed by atoms with Gasteiger partial charge in [0.25, 0.3) is 0 Å². The van der Waals surface area contributed by atoms with Crippen molar-refractivity contribution in [3.05, 3.63) is 0 Å². The maximum Gasteiger partial charge on any atom is 0.323 e. The van der Waals surface area contributed by atoms with E-state index in [0.717, 1.165) is 17.9 Å². The van der Waals surface area contributed by atoms with Gasteiger partial charge in [-0.1, -0.05) is 6.92 Å². The van der Waals surface area contributed by atoms with Crippen molar-refractivity contribution in [2.75, 3.05) is 24.7 Å². The highest BCUT2D eigenvalue weighted by atomic mass is 32.2. The third-order valence-electron chi connectivity index (χ3n) is 2.62. The van der Waals surface area contributed by atoms with Gasteiger partial charge >= 0.3 is 11.9 Å². The summed E-state index contributed by atoms with van der Waals surface area (Å²) >= 11 is 1.79. The lowest BCUT2D eigenvalue weighted by atomic mass is 9.85. The van der Waals surface area contributed by atoms with E-state index in [1.54, 1.807) is 32.5 Å². The number of rotatable bonds is 9. The van der Waals surface area contributed by atoms with E-state index in [0.29, 0.717) is 6.42 Å². The molecule has 4 nitrogen and oxygen atoms in total. The summed E-state index contributed by atoms with van der Waals surface area (Å²) in [5.41, 5.74) is -1.17. The van der Waals surface area contributed by atoms with Crippen LogP contribution in [0.2, 0.25) is 0 Å². The molecule has 18 heavy (non-hydrogen) atoms. The van der Waals surface area contributed by atoms with Gasteiger partial charge in [0, 0.05) is 0 Å². The Kier molecular flexibility index (Phi) is 8.89. The highest BCUT2D eigenvalue weighted by molar-refractivity contribution is 7.99. The molecule has 0 saturated carbocycles. The van der Waals surface area contributed by atoms with E-state index in [-0.39, 0.29) is 13.2 Å². The summed E-state index contributed by atoms with van der Waals surface area (Å²) in [7, 11) is 0. The van der Waals surface area contributed by atoms with Gasteiger partial charge in [0.05, 0.1) is 13.2 Å². The molecule has 0 bridgehead atoms. The molecule has 0 aliphatic rings. The highest BCUT2D eigenvalue weighted by Gasteiger charge is 2.43. The fraction of sp³-hybridized carbons (Fsp3) is 0.846. The minimum Gasteiger partial charge on any atom is -0.465 e. The predicted molar refractivity (Wildman–Crippen MR) is 73.6 cm³/mol. The Bertz CT molecular complexity index is 248. The van der Waals surface area contributed by atoms with Gasteiger partial charge in [-0.2, -0.15) is 11.8 Å². The van der Waals surface area contributed by atoms with Gasteiger partial charge in [0.1, 0.15) is 0 Å². The van der Waals surface area contributed by atoms with Crippen LogP contribution in [-0.2, 0) is 19.1 Å². The Morgan fingerprint density at radius 3 is 1.94 bits per heavy atom. The zero-order valence-corrected chi connectivity index (χ0v) is 12.6. The average molecular weight is 276 g/mol. The van der Waals surface area contributed by atoms with E-state index in [1.807, 2.05) is 0 Å². The first-order chi connectivity index (χ1) is 8.52. The first-order valence-electron chi connectivity index (χ1n) is 6.45. The Labute approximate surface area is 114 Å². The number of carbonyl (C=O) groups excluding carboxylic acids is 2. The van der Waals surface area contributed by atoms with Crippen molar-refractivity contribution in [3.8, 4) is 0 Å². The molecule has 0 unspecified atom stereocenters. The van der Waals surface area contributed by atoms with E-state index in [9.17, 15) is 9.59 Å². The Morgan fingerprint density at radius 1 is 1.06 bits per heavy atom. The summed E-state index contributed by atoms with van der Waals surface area (Å²) in [6.45, 7) is 7.71. The van der Waals surface area contributed by atoms with Crippen LogP contribution in [0.1, 0.15) is 40.5 Å². The molecule has 0 aliphatic heterocycles. The lowest BCUT2D eigenvalue weighted by Crippen LogP contribution is -2.39. The maximum atomic E-state index is 11.9. The van der Waals surface area contributed by atoms with Crippen LogP contribution in [0.25, 0.3) is 0 Å². The van der Waals surface area contributed by atoms with Crippen LogP contribution in [0.3, 0.4) is 0 Å². The summed E-state index contributed by atoms with van der Waals surface area (Å²) in [5.74, 6) is 1.01. The standard InChI is InChI=1S/C13H24O4S/c1-5-16-11(14)13(4,12(15)17-6-2)9-8-10-18-7-3/h5-10H2,1-4H3. The van der Waals surface area contributed by atoms with Crippen molar-refractivity contribution >= 4 is 23.7 Å². The lowest BCUT2D eigenvalue weighted by Gasteiger charge is -2.24. The summed E-state index contributed by atoms with van der Waals surface area (Å²) in [5, 5.41) is 0. The molecule has 0 aromatic carbocycles. The number of ether oxygens (including phenoxy) is 2. The zero-order chi connectivity index (χ0) is 14.0. The summed E-state index contributed by atoms with van der Waals surface area (Å²) in [6.07, 6.45) is 1.27. The van der Waals surface area contributed by atoms with Crippen molar-refractivity contribution in [3.63, 3.8) is 0 Å². The molecule has 0 heterocycles. The third-order valence-corrected chi connectivity index (χ3v) is 3.61. The van der Waals surface area contributed by atoms with Crippen LogP contribution in [0.5, 0.6) is 0 Å². The Hall–Kier alpha value is -0.710. The van der Waals surface area contributed by atoms with Crippen molar-refractivity contribution in [1.82, 2.24) is 0 Å².